The number of rotatable bonds is 6. The van der Waals surface area contributed by atoms with E-state index in [1.807, 2.05) is 56.3 Å². The second kappa shape index (κ2) is 8.12. The van der Waals surface area contributed by atoms with Crippen LogP contribution in [0, 0.1) is 6.92 Å². The molecule has 0 fully saturated rings. The molecule has 0 saturated heterocycles. The monoisotopic (exact) mass is 367 g/mol. The first-order valence-corrected chi connectivity index (χ1v) is 8.78. The summed E-state index contributed by atoms with van der Waals surface area (Å²) < 4.78 is 11.0. The fraction of sp³-hybridized carbons (Fsp3) is 0.333. The molecule has 0 amide bonds. The van der Waals surface area contributed by atoms with E-state index >= 15 is 0 Å². The van der Waals surface area contributed by atoms with E-state index in [1.54, 1.807) is 20.6 Å². The normalized spacial score (nSPS) is 16.2. The minimum absolute atomic E-state index is 0.203. The van der Waals surface area contributed by atoms with E-state index in [4.69, 9.17) is 14.3 Å². The van der Waals surface area contributed by atoms with Gasteiger partial charge >= 0.3 is 0 Å². The lowest BCUT2D eigenvalue weighted by Crippen LogP contribution is -2.07. The lowest BCUT2D eigenvalue weighted by Gasteiger charge is -2.16. The highest BCUT2D eigenvalue weighted by molar-refractivity contribution is 6.03. The maximum atomic E-state index is 5.75. The Bertz CT molecular complexity index is 875. The highest BCUT2D eigenvalue weighted by Gasteiger charge is 2.28. The summed E-state index contributed by atoms with van der Waals surface area (Å²) in [4.78, 5) is 12.1. The van der Waals surface area contributed by atoms with Crippen molar-refractivity contribution in [3.8, 4) is 11.5 Å². The van der Waals surface area contributed by atoms with E-state index < -0.39 is 0 Å². The minimum atomic E-state index is -0.203. The fourth-order valence-corrected chi connectivity index (χ4v) is 3.03. The third-order valence-corrected chi connectivity index (χ3v) is 4.41. The molecular formula is C21H25N3O3. The lowest BCUT2D eigenvalue weighted by molar-refractivity contribution is 0.0836. The van der Waals surface area contributed by atoms with Gasteiger partial charge in [-0.2, -0.15) is 0 Å². The molecule has 6 heteroatoms. The molecule has 2 aromatic rings. The largest absolute Gasteiger partial charge is 0.496 e. The van der Waals surface area contributed by atoms with Crippen LogP contribution in [0.15, 0.2) is 46.5 Å². The maximum absolute atomic E-state index is 5.75. The Morgan fingerprint density at radius 2 is 1.89 bits per heavy atom. The zero-order chi connectivity index (χ0) is 19.4. The van der Waals surface area contributed by atoms with Crippen molar-refractivity contribution in [3.05, 3.63) is 53.1 Å². The van der Waals surface area contributed by atoms with Crippen molar-refractivity contribution in [2.45, 2.75) is 19.4 Å². The topological polar surface area (TPSA) is 55.7 Å². The summed E-state index contributed by atoms with van der Waals surface area (Å²) in [6.45, 7) is 2.03. The number of aliphatic imine (C=N–C) groups is 1. The Morgan fingerprint density at radius 1 is 1.15 bits per heavy atom. The van der Waals surface area contributed by atoms with Crippen LogP contribution in [0.5, 0.6) is 11.5 Å². The third kappa shape index (κ3) is 4.05. The minimum Gasteiger partial charge on any atom is -0.496 e. The summed E-state index contributed by atoms with van der Waals surface area (Å²) in [6, 6.07) is 11.8. The fourth-order valence-electron chi connectivity index (χ4n) is 3.03. The number of oxime groups is 1. The Balaban J connectivity index is 1.87. The van der Waals surface area contributed by atoms with Crippen molar-refractivity contribution in [2.24, 2.45) is 10.1 Å². The molecule has 0 saturated carbocycles. The summed E-state index contributed by atoms with van der Waals surface area (Å²) >= 11 is 0. The van der Waals surface area contributed by atoms with Crippen LogP contribution in [0.1, 0.15) is 29.2 Å². The predicted octanol–water partition coefficient (Wildman–Crippen LogP) is 4.10. The quantitative estimate of drug-likeness (QED) is 0.570. The van der Waals surface area contributed by atoms with E-state index in [0.717, 1.165) is 39.6 Å². The lowest BCUT2D eigenvalue weighted by atomic mass is 9.97. The van der Waals surface area contributed by atoms with Crippen LogP contribution < -0.4 is 9.47 Å². The zero-order valence-corrected chi connectivity index (χ0v) is 16.4. The molecular weight excluding hydrogens is 342 g/mol. The second-order valence-electron chi connectivity index (χ2n) is 6.63. The van der Waals surface area contributed by atoms with Gasteiger partial charge in [0.05, 0.1) is 32.0 Å². The molecule has 1 aliphatic heterocycles. The molecule has 27 heavy (non-hydrogen) atoms. The van der Waals surface area contributed by atoms with E-state index in [9.17, 15) is 0 Å². The smallest absolute Gasteiger partial charge is 0.161 e. The van der Waals surface area contributed by atoms with Crippen LogP contribution in [0.4, 0.5) is 5.69 Å². The Labute approximate surface area is 160 Å². The van der Waals surface area contributed by atoms with E-state index in [0.29, 0.717) is 6.42 Å². The number of methoxy groups -OCH3 is 2. The van der Waals surface area contributed by atoms with Gasteiger partial charge in [-0.25, -0.2) is 4.99 Å². The molecule has 1 aliphatic rings. The molecule has 0 bridgehead atoms. The van der Waals surface area contributed by atoms with Crippen molar-refractivity contribution in [2.75, 3.05) is 28.3 Å². The second-order valence-corrected chi connectivity index (χ2v) is 6.63. The molecule has 142 valence electrons. The van der Waals surface area contributed by atoms with Crippen LogP contribution in [0.3, 0.4) is 0 Å². The average molecular weight is 367 g/mol. The molecule has 3 rings (SSSR count). The number of hydrogen-bond acceptors (Lipinski definition) is 5. The van der Waals surface area contributed by atoms with Crippen LogP contribution in [0.25, 0.3) is 0 Å². The summed E-state index contributed by atoms with van der Waals surface area (Å²) in [5.41, 5.74) is 4.70. The SMILES string of the molecule is COc1ccccc1C1=NOC(c2cc(C)c(/N=C\N(C)C)cc2OC)C1. The summed E-state index contributed by atoms with van der Waals surface area (Å²) in [5.74, 6) is 1.53. The average Bonchev–Trinajstić information content (AvgIpc) is 3.16. The summed E-state index contributed by atoms with van der Waals surface area (Å²) in [6.07, 6.45) is 2.22. The maximum Gasteiger partial charge on any atom is 0.161 e. The van der Waals surface area contributed by atoms with Gasteiger partial charge in [-0.15, -0.1) is 0 Å². The number of benzene rings is 2. The van der Waals surface area contributed by atoms with Gasteiger partial charge in [0, 0.05) is 37.7 Å². The molecule has 0 aromatic heterocycles. The number of aryl methyl sites for hydroxylation is 1. The molecule has 0 aliphatic carbocycles. The number of hydrogen-bond donors (Lipinski definition) is 0. The van der Waals surface area contributed by atoms with Gasteiger partial charge in [-0.1, -0.05) is 17.3 Å². The first kappa shape index (κ1) is 18.8. The molecule has 6 nitrogen and oxygen atoms in total. The Kier molecular flexibility index (Phi) is 5.64. The molecule has 1 unspecified atom stereocenters. The van der Waals surface area contributed by atoms with Gasteiger partial charge < -0.3 is 19.2 Å². The summed E-state index contributed by atoms with van der Waals surface area (Å²) in [5, 5.41) is 4.30. The number of ether oxygens (including phenoxy) is 2. The molecule has 0 radical (unpaired) electrons. The zero-order valence-electron chi connectivity index (χ0n) is 16.4. The predicted molar refractivity (Wildman–Crippen MR) is 108 cm³/mol. The Morgan fingerprint density at radius 3 is 2.59 bits per heavy atom. The van der Waals surface area contributed by atoms with Crippen LogP contribution in [0.2, 0.25) is 0 Å². The van der Waals surface area contributed by atoms with Gasteiger partial charge in [0.15, 0.2) is 6.10 Å². The molecule has 1 atom stereocenters. The van der Waals surface area contributed by atoms with Crippen LogP contribution in [-0.2, 0) is 4.84 Å². The molecule has 0 N–H and O–H groups in total. The van der Waals surface area contributed by atoms with E-state index in [1.165, 1.54) is 0 Å². The number of nitrogens with zero attached hydrogens (tertiary/aromatic N) is 3. The van der Waals surface area contributed by atoms with Crippen molar-refractivity contribution in [1.82, 2.24) is 4.90 Å². The highest BCUT2D eigenvalue weighted by Crippen LogP contribution is 2.39. The van der Waals surface area contributed by atoms with E-state index in [2.05, 4.69) is 16.2 Å². The first-order chi connectivity index (χ1) is 13.0. The van der Waals surface area contributed by atoms with Gasteiger partial charge in [0.1, 0.15) is 11.5 Å². The van der Waals surface area contributed by atoms with E-state index in [-0.39, 0.29) is 6.10 Å². The van der Waals surface area contributed by atoms with Gasteiger partial charge in [0.2, 0.25) is 0 Å². The first-order valence-electron chi connectivity index (χ1n) is 8.78. The van der Waals surface area contributed by atoms with Crippen molar-refractivity contribution in [3.63, 3.8) is 0 Å². The van der Waals surface area contributed by atoms with Gasteiger partial charge in [-0.05, 0) is 30.7 Å². The van der Waals surface area contributed by atoms with Gasteiger partial charge in [0.25, 0.3) is 0 Å². The molecule has 2 aromatic carbocycles. The van der Waals surface area contributed by atoms with Crippen molar-refractivity contribution in [1.29, 1.82) is 0 Å². The van der Waals surface area contributed by atoms with Crippen LogP contribution >= 0.6 is 0 Å². The van der Waals surface area contributed by atoms with Gasteiger partial charge in [-0.3, -0.25) is 0 Å². The molecule has 1 heterocycles. The standard InChI is InChI=1S/C21H25N3O3/c1-14-10-16(20(26-5)11-17(14)22-13-24(2)3)21-12-18(23-27-21)15-8-6-7-9-19(15)25-4/h6-11,13,21H,12H2,1-5H3/b22-13-. The van der Waals surface area contributed by atoms with Crippen molar-refractivity contribution >= 4 is 17.7 Å². The number of para-hydroxylation sites is 1. The molecule has 0 spiro atoms. The highest BCUT2D eigenvalue weighted by atomic mass is 16.6. The van der Waals surface area contributed by atoms with Crippen molar-refractivity contribution < 1.29 is 14.3 Å². The summed E-state index contributed by atoms with van der Waals surface area (Å²) in [7, 11) is 7.19. The Hall–Kier alpha value is -3.02. The van der Waals surface area contributed by atoms with Crippen LogP contribution in [-0.4, -0.2) is 45.3 Å². The third-order valence-electron chi connectivity index (χ3n) is 4.41.